The molecule has 1 saturated carbocycles. The standard InChI is InChI=1S/C16H21F3N2O2/c17-16(18,19)13-2-1-6-20-14(13)23-9-12-3-7-21(8-12)10-15(11-22)4-5-15/h1-2,6,12,22H,3-5,7-11H2. The summed E-state index contributed by atoms with van der Waals surface area (Å²) in [6, 6.07) is 2.25. The van der Waals surface area contributed by atoms with E-state index in [1.165, 1.54) is 12.3 Å². The lowest BCUT2D eigenvalue weighted by Crippen LogP contribution is -2.31. The zero-order chi connectivity index (χ0) is 16.5. The van der Waals surface area contributed by atoms with Gasteiger partial charge < -0.3 is 14.7 Å². The van der Waals surface area contributed by atoms with Crippen molar-refractivity contribution in [3.63, 3.8) is 0 Å². The van der Waals surface area contributed by atoms with Crippen LogP contribution in [0.1, 0.15) is 24.8 Å². The van der Waals surface area contributed by atoms with Crippen LogP contribution in [-0.2, 0) is 6.18 Å². The van der Waals surface area contributed by atoms with E-state index >= 15 is 0 Å². The van der Waals surface area contributed by atoms with E-state index in [4.69, 9.17) is 4.74 Å². The van der Waals surface area contributed by atoms with Gasteiger partial charge in [-0.05, 0) is 37.9 Å². The predicted molar refractivity (Wildman–Crippen MR) is 78.0 cm³/mol. The Hall–Kier alpha value is -1.34. The summed E-state index contributed by atoms with van der Waals surface area (Å²) in [6.07, 6.45) is -0.127. The van der Waals surface area contributed by atoms with Crippen LogP contribution in [0, 0.1) is 11.3 Å². The van der Waals surface area contributed by atoms with E-state index in [0.717, 1.165) is 45.0 Å². The maximum Gasteiger partial charge on any atom is 0.421 e. The third-order valence-electron chi connectivity index (χ3n) is 4.75. The first kappa shape index (κ1) is 16.5. The fourth-order valence-electron chi connectivity index (χ4n) is 3.13. The molecule has 7 heteroatoms. The van der Waals surface area contributed by atoms with E-state index in [-0.39, 0.29) is 30.4 Å². The molecule has 2 fully saturated rings. The Morgan fingerprint density at radius 2 is 2.17 bits per heavy atom. The quantitative estimate of drug-likeness (QED) is 0.871. The van der Waals surface area contributed by atoms with Crippen molar-refractivity contribution in [3.8, 4) is 5.88 Å². The second-order valence-electron chi connectivity index (χ2n) is 6.71. The summed E-state index contributed by atoms with van der Waals surface area (Å²) in [6.45, 7) is 3.04. The van der Waals surface area contributed by atoms with Crippen molar-refractivity contribution in [1.29, 1.82) is 0 Å². The molecule has 1 saturated heterocycles. The second-order valence-corrected chi connectivity index (χ2v) is 6.71. The second kappa shape index (κ2) is 6.28. The molecule has 1 aliphatic heterocycles. The number of aromatic nitrogens is 1. The van der Waals surface area contributed by atoms with Crippen molar-refractivity contribution in [3.05, 3.63) is 23.9 Å². The summed E-state index contributed by atoms with van der Waals surface area (Å²) in [5.74, 6) is -0.139. The van der Waals surface area contributed by atoms with Gasteiger partial charge in [-0.15, -0.1) is 0 Å². The van der Waals surface area contributed by atoms with Crippen molar-refractivity contribution in [2.24, 2.45) is 11.3 Å². The Morgan fingerprint density at radius 3 is 2.83 bits per heavy atom. The number of hydrogen-bond donors (Lipinski definition) is 1. The first-order chi connectivity index (χ1) is 10.9. The fourth-order valence-corrected chi connectivity index (χ4v) is 3.13. The molecule has 0 spiro atoms. The molecule has 1 aliphatic carbocycles. The molecule has 1 aromatic rings. The van der Waals surface area contributed by atoms with E-state index < -0.39 is 11.7 Å². The average Bonchev–Trinajstić information content (AvgIpc) is 3.15. The first-order valence-electron chi connectivity index (χ1n) is 7.90. The summed E-state index contributed by atoms with van der Waals surface area (Å²) < 4.78 is 44.0. The smallest absolute Gasteiger partial charge is 0.421 e. The number of alkyl halides is 3. The summed E-state index contributed by atoms with van der Waals surface area (Å²) in [5.41, 5.74) is -0.757. The van der Waals surface area contributed by atoms with Crippen LogP contribution in [0.3, 0.4) is 0 Å². The zero-order valence-corrected chi connectivity index (χ0v) is 12.9. The Balaban J connectivity index is 1.52. The average molecular weight is 330 g/mol. The van der Waals surface area contributed by atoms with Gasteiger partial charge in [-0.1, -0.05) is 0 Å². The van der Waals surface area contributed by atoms with Crippen LogP contribution < -0.4 is 4.74 Å². The van der Waals surface area contributed by atoms with E-state index in [2.05, 4.69) is 9.88 Å². The van der Waals surface area contributed by atoms with E-state index in [1.54, 1.807) is 0 Å². The number of halogens is 3. The molecule has 1 unspecified atom stereocenters. The molecule has 2 heterocycles. The Kier molecular flexibility index (Phi) is 4.51. The van der Waals surface area contributed by atoms with Crippen LogP contribution in [0.25, 0.3) is 0 Å². The van der Waals surface area contributed by atoms with Crippen LogP contribution in [0.5, 0.6) is 5.88 Å². The molecular formula is C16H21F3N2O2. The highest BCUT2D eigenvalue weighted by molar-refractivity contribution is 5.28. The maximum atomic E-state index is 12.9. The lowest BCUT2D eigenvalue weighted by atomic mass is 10.1. The highest BCUT2D eigenvalue weighted by Crippen LogP contribution is 2.46. The normalized spacial score (nSPS) is 23.9. The van der Waals surface area contributed by atoms with Crippen molar-refractivity contribution in [2.45, 2.75) is 25.4 Å². The van der Waals surface area contributed by atoms with Gasteiger partial charge in [0.15, 0.2) is 0 Å². The molecule has 0 radical (unpaired) electrons. The van der Waals surface area contributed by atoms with Crippen LogP contribution in [0.4, 0.5) is 13.2 Å². The fraction of sp³-hybridized carbons (Fsp3) is 0.688. The highest BCUT2D eigenvalue weighted by atomic mass is 19.4. The summed E-state index contributed by atoms with van der Waals surface area (Å²) in [5, 5.41) is 9.38. The molecule has 23 heavy (non-hydrogen) atoms. The monoisotopic (exact) mass is 330 g/mol. The van der Waals surface area contributed by atoms with Gasteiger partial charge in [-0.2, -0.15) is 13.2 Å². The maximum absolute atomic E-state index is 12.9. The Morgan fingerprint density at radius 1 is 1.39 bits per heavy atom. The molecule has 1 aromatic heterocycles. The minimum atomic E-state index is -4.45. The van der Waals surface area contributed by atoms with Gasteiger partial charge in [0.1, 0.15) is 5.56 Å². The van der Waals surface area contributed by atoms with Gasteiger partial charge in [0.2, 0.25) is 5.88 Å². The topological polar surface area (TPSA) is 45.6 Å². The molecule has 128 valence electrons. The Bertz CT molecular complexity index is 546. The highest BCUT2D eigenvalue weighted by Gasteiger charge is 2.44. The van der Waals surface area contributed by atoms with Crippen molar-refractivity contribution < 1.29 is 23.0 Å². The van der Waals surface area contributed by atoms with E-state index in [1.807, 2.05) is 0 Å². The number of rotatable bonds is 6. The molecular weight excluding hydrogens is 309 g/mol. The van der Waals surface area contributed by atoms with Gasteiger partial charge in [-0.3, -0.25) is 0 Å². The molecule has 0 bridgehead atoms. The van der Waals surface area contributed by atoms with Crippen LogP contribution in [0.15, 0.2) is 18.3 Å². The van der Waals surface area contributed by atoms with Gasteiger partial charge in [0.25, 0.3) is 0 Å². The number of hydrogen-bond acceptors (Lipinski definition) is 4. The SMILES string of the molecule is OCC1(CN2CCC(COc3ncccc3C(F)(F)F)C2)CC1. The van der Waals surface area contributed by atoms with Crippen LogP contribution in [0.2, 0.25) is 0 Å². The minimum absolute atomic E-state index is 0.0696. The molecule has 0 amide bonds. The number of aliphatic hydroxyl groups excluding tert-OH is 1. The zero-order valence-electron chi connectivity index (χ0n) is 12.9. The van der Waals surface area contributed by atoms with Crippen molar-refractivity contribution >= 4 is 0 Å². The summed E-state index contributed by atoms with van der Waals surface area (Å²) >= 11 is 0. The number of ether oxygens (including phenoxy) is 1. The number of nitrogens with zero attached hydrogens (tertiary/aromatic N) is 2. The predicted octanol–water partition coefficient (Wildman–Crippen LogP) is 2.57. The number of pyridine rings is 1. The lowest BCUT2D eigenvalue weighted by molar-refractivity contribution is -0.139. The van der Waals surface area contributed by atoms with E-state index in [9.17, 15) is 18.3 Å². The molecule has 1 atom stereocenters. The van der Waals surface area contributed by atoms with E-state index in [0.29, 0.717) is 0 Å². The van der Waals surface area contributed by atoms with Gasteiger partial charge in [0, 0.05) is 37.2 Å². The largest absolute Gasteiger partial charge is 0.477 e. The molecule has 4 nitrogen and oxygen atoms in total. The molecule has 3 rings (SSSR count). The van der Waals surface area contributed by atoms with Gasteiger partial charge in [-0.25, -0.2) is 4.98 Å². The van der Waals surface area contributed by atoms with Crippen LogP contribution in [-0.4, -0.2) is 47.8 Å². The number of aliphatic hydroxyl groups is 1. The Labute approximate surface area is 133 Å². The third kappa shape index (κ3) is 3.95. The summed E-state index contributed by atoms with van der Waals surface area (Å²) in [4.78, 5) is 6.00. The summed E-state index contributed by atoms with van der Waals surface area (Å²) in [7, 11) is 0. The van der Waals surface area contributed by atoms with Gasteiger partial charge >= 0.3 is 6.18 Å². The van der Waals surface area contributed by atoms with Gasteiger partial charge in [0.05, 0.1) is 6.61 Å². The minimum Gasteiger partial charge on any atom is -0.477 e. The molecule has 1 N–H and O–H groups in total. The van der Waals surface area contributed by atoms with Crippen LogP contribution >= 0.6 is 0 Å². The lowest BCUT2D eigenvalue weighted by Gasteiger charge is -2.21. The van der Waals surface area contributed by atoms with Crippen molar-refractivity contribution in [2.75, 3.05) is 32.8 Å². The molecule has 2 aliphatic rings. The van der Waals surface area contributed by atoms with Crippen molar-refractivity contribution in [1.82, 2.24) is 9.88 Å². The molecule has 0 aromatic carbocycles. The number of likely N-dealkylation sites (tertiary alicyclic amines) is 1. The first-order valence-corrected chi connectivity index (χ1v) is 7.90. The third-order valence-corrected chi connectivity index (χ3v) is 4.75.